The van der Waals surface area contributed by atoms with E-state index in [1.807, 2.05) is 133 Å². The van der Waals surface area contributed by atoms with Gasteiger partial charge in [-0.1, -0.05) is 103 Å². The Morgan fingerprint density at radius 2 is 0.712 bits per heavy atom. The third kappa shape index (κ3) is 19.5. The molecule has 0 aliphatic carbocycles. The van der Waals surface area contributed by atoms with Crippen LogP contribution in [0.1, 0.15) is 113 Å². The number of nitrogens with two attached hydrogens (primary N) is 4. The van der Waals surface area contributed by atoms with Gasteiger partial charge in [0.1, 0.15) is 136 Å². The molecule has 4 atom stereocenters. The molecule has 125 heavy (non-hydrogen) atoms. The van der Waals surface area contributed by atoms with E-state index in [1.54, 1.807) is 79.9 Å². The molecular weight excluding hydrogens is 1620 g/mol. The van der Waals surface area contributed by atoms with Gasteiger partial charge < -0.3 is 44.2 Å². The van der Waals surface area contributed by atoms with Crippen molar-refractivity contribution in [1.82, 2.24) is 64.8 Å². The van der Waals surface area contributed by atoms with Crippen LogP contribution >= 0.6 is 0 Å². The van der Waals surface area contributed by atoms with Crippen LogP contribution < -0.4 is 44.2 Å². The maximum Gasteiger partial charge on any atom is 0.176 e. The molecule has 9 aromatic heterocycles. The first-order valence-corrected chi connectivity index (χ1v) is 42.4. The molecule has 9 heterocycles. The SMILES string of the molecule is C[C@H](Nc1ncnc(N)c1C#N)c1cc2cccc(F)c2nc1-c1ccccc1S(C)(=O)=O.Cc1ccc2cc([C@H](C)Nc3ncnc(N)c3C#N)c(-c3cccc(F)c3)nc2c1.Cc1ccc2cc([C@H](C)Nc3ncnc(N)c3C#N)c(-c3ccccc3S(C)(=O)=O)nc2c1.Cc1ccc2cc([C@H](C)Nc3ncnc(N)c3C#N)c(-c3ccccn3)nc2c1. The summed E-state index contributed by atoms with van der Waals surface area (Å²) in [4.78, 5) is 56.0. The van der Waals surface area contributed by atoms with Crippen LogP contribution in [0.25, 0.3) is 88.8 Å². The predicted octanol–water partition coefficient (Wildman–Crippen LogP) is 16.7. The summed E-state index contributed by atoms with van der Waals surface area (Å²) in [5.74, 6) is 0.765. The van der Waals surface area contributed by atoms with Crippen molar-refractivity contribution in [3.05, 3.63) is 292 Å². The second-order valence-corrected chi connectivity index (χ2v) is 33.2. The number of rotatable bonds is 18. The predicted molar refractivity (Wildman–Crippen MR) is 480 cm³/mol. The minimum absolute atomic E-state index is 0.0311. The Balaban J connectivity index is 0.000000143. The number of sulfone groups is 2. The Labute approximate surface area is 718 Å². The number of nitrogens with one attached hydrogen (secondary N) is 4. The van der Waals surface area contributed by atoms with Crippen molar-refractivity contribution in [2.45, 2.75) is 82.4 Å². The molecule has 622 valence electrons. The number of benzene rings is 7. The zero-order valence-electron chi connectivity index (χ0n) is 68.7. The molecular formula is C92H79F2N25O4S2. The van der Waals surface area contributed by atoms with Crippen LogP contribution in [0.5, 0.6) is 0 Å². The van der Waals surface area contributed by atoms with Crippen LogP contribution in [0.4, 0.5) is 55.3 Å². The monoisotopic (exact) mass is 1700 g/mol. The van der Waals surface area contributed by atoms with E-state index in [4.69, 9.17) is 37.9 Å². The molecule has 29 nitrogen and oxygen atoms in total. The number of aromatic nitrogens is 13. The maximum atomic E-state index is 14.6. The fraction of sp³-hybridized carbons (Fsp3) is 0.141. The highest BCUT2D eigenvalue weighted by Crippen LogP contribution is 2.41. The summed E-state index contributed by atoms with van der Waals surface area (Å²) in [6, 6.07) is 62.6. The quantitative estimate of drug-likeness (QED) is 0.0395. The van der Waals surface area contributed by atoms with Gasteiger partial charge in [-0.3, -0.25) is 4.98 Å². The van der Waals surface area contributed by atoms with E-state index in [-0.39, 0.29) is 90.6 Å². The Morgan fingerprint density at radius 3 is 1.10 bits per heavy atom. The van der Waals surface area contributed by atoms with Gasteiger partial charge >= 0.3 is 0 Å². The Hall–Kier alpha value is -16.2. The Bertz CT molecular complexity index is 7310. The van der Waals surface area contributed by atoms with Crippen LogP contribution in [0.15, 0.2) is 229 Å². The number of aryl methyl sites for hydroxylation is 3. The first kappa shape index (κ1) is 86.6. The lowest BCUT2D eigenvalue weighted by Crippen LogP contribution is -2.13. The molecule has 0 saturated carbocycles. The standard InChI is InChI=1S/C24H22N6O2S.C23H19FN6O2S.C23H19FN6.C22H19N7/c1-14-8-9-16-11-18(15(2)29-24-19(12-25)23(26)27-13-28-24)22(30-20(16)10-14)17-6-4-5-7-21(17)33(3,31)32;1-13(29-23-17(11-25)22(26)27-12-28-23)16-10-14-6-5-8-18(24)20(14)30-21(16)15-7-3-4-9-19(15)33(2,31)32;1-13-6-7-15-10-18(14(2)29-23-19(11-25)22(26)27-12-28-23)21(30-20(15)8-13)16-4-3-5-17(24)9-16;1-13-6-7-15-10-16(14(2)28-22-17(11-23)21(24)26-12-27-22)20(29-19(15)9-13)18-5-3-4-8-25-18/h4-11,13,15H,1-3H3,(H3,26,27,28,29);3-10,12-13H,1-2H3,(H3,26,27,28,29);3-10,12,14H,1-2H3,(H3,26,27,28,29);3-10,12,14H,1-2H3,(H3,24,26,27,28)/t15-;13-;2*14-/m0000/s1. The summed E-state index contributed by atoms with van der Waals surface area (Å²) in [7, 11) is -7.10. The maximum absolute atomic E-state index is 14.6. The lowest BCUT2D eigenvalue weighted by molar-refractivity contribution is 0.600. The molecule has 0 aliphatic heterocycles. The van der Waals surface area contributed by atoms with E-state index < -0.39 is 31.5 Å². The smallest absolute Gasteiger partial charge is 0.176 e. The molecule has 0 radical (unpaired) electrons. The highest BCUT2D eigenvalue weighted by atomic mass is 32.2. The van der Waals surface area contributed by atoms with Crippen LogP contribution in [-0.2, 0) is 19.7 Å². The number of pyridine rings is 5. The van der Waals surface area contributed by atoms with Gasteiger partial charge in [0.05, 0.1) is 79.0 Å². The van der Waals surface area contributed by atoms with E-state index in [0.29, 0.717) is 62.2 Å². The molecule has 0 unspecified atom stereocenters. The number of nitriles is 4. The van der Waals surface area contributed by atoms with Gasteiger partial charge in [0, 0.05) is 79.2 Å². The van der Waals surface area contributed by atoms with Crippen molar-refractivity contribution in [2.24, 2.45) is 0 Å². The number of hydrogen-bond acceptors (Lipinski definition) is 29. The van der Waals surface area contributed by atoms with Crippen LogP contribution in [0.2, 0.25) is 0 Å². The zero-order chi connectivity index (χ0) is 89.1. The average Bonchev–Trinajstić information content (AvgIpc) is 0.800. The van der Waals surface area contributed by atoms with Gasteiger partial charge in [-0.2, -0.15) is 21.0 Å². The van der Waals surface area contributed by atoms with E-state index >= 15 is 0 Å². The Morgan fingerprint density at radius 1 is 0.360 bits per heavy atom. The highest BCUT2D eigenvalue weighted by molar-refractivity contribution is 7.91. The van der Waals surface area contributed by atoms with E-state index in [9.17, 15) is 46.7 Å². The Kier molecular flexibility index (Phi) is 25.8. The molecule has 33 heteroatoms. The second kappa shape index (κ2) is 37.2. The highest BCUT2D eigenvalue weighted by Gasteiger charge is 2.28. The van der Waals surface area contributed by atoms with E-state index in [1.165, 1.54) is 55.8 Å². The van der Waals surface area contributed by atoms with Gasteiger partial charge in [0.25, 0.3) is 0 Å². The number of halogens is 2. The largest absolute Gasteiger partial charge is 0.382 e. The van der Waals surface area contributed by atoms with Crippen molar-refractivity contribution in [1.29, 1.82) is 21.0 Å². The average molecular weight is 1700 g/mol. The van der Waals surface area contributed by atoms with E-state index in [0.717, 1.165) is 83.7 Å². The summed E-state index contributed by atoms with van der Waals surface area (Å²) in [5.41, 5.74) is 37.5. The molecule has 0 fully saturated rings. The van der Waals surface area contributed by atoms with Crippen LogP contribution in [0, 0.1) is 77.7 Å². The number of anilines is 8. The molecule has 7 aromatic carbocycles. The van der Waals surface area contributed by atoms with Crippen molar-refractivity contribution in [3.63, 3.8) is 0 Å². The van der Waals surface area contributed by atoms with Crippen molar-refractivity contribution < 1.29 is 25.6 Å². The third-order valence-electron chi connectivity index (χ3n) is 20.2. The van der Waals surface area contributed by atoms with Gasteiger partial charge in [0.15, 0.2) is 19.7 Å². The van der Waals surface area contributed by atoms with Crippen LogP contribution in [0.3, 0.4) is 0 Å². The van der Waals surface area contributed by atoms with Gasteiger partial charge in [-0.15, -0.1) is 0 Å². The molecule has 16 rings (SSSR count). The number of para-hydroxylation sites is 1. The molecule has 0 saturated heterocycles. The fourth-order valence-electron chi connectivity index (χ4n) is 14.0. The fourth-order valence-corrected chi connectivity index (χ4v) is 15.7. The number of fused-ring (bicyclic) bond motifs is 4. The summed E-state index contributed by atoms with van der Waals surface area (Å²) in [5, 5.41) is 54.1. The van der Waals surface area contributed by atoms with Crippen molar-refractivity contribution in [3.8, 4) is 69.4 Å². The summed E-state index contributed by atoms with van der Waals surface area (Å²) in [6.45, 7) is 13.6. The number of nitrogens with zero attached hydrogens (tertiary/aromatic N) is 17. The molecule has 12 N–H and O–H groups in total. The molecule has 0 aliphatic rings. The lowest BCUT2D eigenvalue weighted by Gasteiger charge is -2.21. The first-order chi connectivity index (χ1) is 59.9. The number of nitrogen functional groups attached to an aromatic ring is 4. The second-order valence-electron chi connectivity index (χ2n) is 29.2. The molecule has 0 amide bonds. The summed E-state index contributed by atoms with van der Waals surface area (Å²) in [6.07, 6.45) is 9.20. The topological polar surface area (TPSA) is 483 Å². The lowest BCUT2D eigenvalue weighted by atomic mass is 9.98. The van der Waals surface area contributed by atoms with E-state index in [2.05, 4.69) is 101 Å². The third-order valence-corrected chi connectivity index (χ3v) is 22.5. The van der Waals surface area contributed by atoms with Crippen molar-refractivity contribution in [2.75, 3.05) is 56.7 Å². The minimum atomic E-state index is -3.60. The molecule has 16 aromatic rings. The van der Waals surface area contributed by atoms with Gasteiger partial charge in [-0.25, -0.2) is 85.4 Å². The number of hydrogen-bond donors (Lipinski definition) is 8. The van der Waals surface area contributed by atoms with Gasteiger partial charge in [0.2, 0.25) is 0 Å². The summed E-state index contributed by atoms with van der Waals surface area (Å²) < 4.78 is 78.5. The summed E-state index contributed by atoms with van der Waals surface area (Å²) >= 11 is 0. The zero-order valence-corrected chi connectivity index (χ0v) is 70.3. The van der Waals surface area contributed by atoms with Crippen molar-refractivity contribution >= 4 is 110 Å². The molecule has 0 spiro atoms. The normalized spacial score (nSPS) is 12.1. The van der Waals surface area contributed by atoms with Gasteiger partial charge in [-0.05, 0) is 150 Å². The minimum Gasteiger partial charge on any atom is -0.382 e. The first-order valence-electron chi connectivity index (χ1n) is 38.6. The van der Waals surface area contributed by atoms with Crippen LogP contribution in [-0.4, -0.2) is 94.1 Å². The molecule has 0 bridgehead atoms.